The molecule has 0 bridgehead atoms. The van der Waals surface area contributed by atoms with E-state index < -0.39 is 5.06 Å². The van der Waals surface area contributed by atoms with Crippen LogP contribution in [-0.2, 0) is 0 Å². The Labute approximate surface area is 202 Å². The van der Waals surface area contributed by atoms with E-state index in [1.54, 1.807) is 11.8 Å². The van der Waals surface area contributed by atoms with Crippen LogP contribution in [-0.4, -0.2) is 18.3 Å². The van der Waals surface area contributed by atoms with Crippen molar-refractivity contribution in [2.45, 2.75) is 79.2 Å². The zero-order valence-corrected chi connectivity index (χ0v) is 22.6. The maximum Gasteiger partial charge on any atom is 0.273 e. The van der Waals surface area contributed by atoms with Crippen molar-refractivity contribution in [3.8, 4) is 5.75 Å². The van der Waals surface area contributed by atoms with E-state index >= 15 is 0 Å². The summed E-state index contributed by atoms with van der Waals surface area (Å²) in [5.41, 5.74) is 15.5. The molecule has 3 nitrogen and oxygen atoms in total. The van der Waals surface area contributed by atoms with E-state index in [1.807, 2.05) is 6.21 Å². The summed E-state index contributed by atoms with van der Waals surface area (Å²) >= 11 is 1.78. The monoisotopic (exact) mass is 458 g/mol. The fourth-order valence-electron chi connectivity index (χ4n) is 5.65. The molecule has 0 saturated carbocycles. The average Bonchev–Trinajstić information content (AvgIpc) is 3.07. The standard InChI is InChI=1S/C29H34N2OS/c1-13-14(2)18(6)24-23(17(13)5)19(7)21(9)27-25(24)30-12-29(32-27)31(11)26-20(8)15(3)16(4)22(10)28(26)33-29/h12H,1-11H3. The van der Waals surface area contributed by atoms with E-state index in [4.69, 9.17) is 9.73 Å². The predicted molar refractivity (Wildman–Crippen MR) is 144 cm³/mol. The van der Waals surface area contributed by atoms with Crippen LogP contribution in [0.3, 0.4) is 0 Å². The number of anilines is 1. The summed E-state index contributed by atoms with van der Waals surface area (Å²) in [4.78, 5) is 8.75. The van der Waals surface area contributed by atoms with Crippen LogP contribution < -0.4 is 9.64 Å². The lowest BCUT2D eigenvalue weighted by molar-refractivity contribution is 0.237. The number of fused-ring (bicyclic) bond motifs is 4. The lowest BCUT2D eigenvalue weighted by Gasteiger charge is -2.37. The molecule has 172 valence electrons. The van der Waals surface area contributed by atoms with Gasteiger partial charge in [0.15, 0.2) is 5.75 Å². The number of thioether (sulfide) groups is 1. The normalized spacial score (nSPS) is 18.8. The maximum absolute atomic E-state index is 6.99. The van der Waals surface area contributed by atoms with Gasteiger partial charge < -0.3 is 9.64 Å². The molecule has 0 N–H and O–H groups in total. The Morgan fingerprint density at radius 2 is 1.18 bits per heavy atom. The third-order valence-electron chi connectivity index (χ3n) is 8.67. The number of hydrogen-bond donors (Lipinski definition) is 0. The van der Waals surface area contributed by atoms with Crippen LogP contribution in [0.25, 0.3) is 10.8 Å². The first-order valence-corrected chi connectivity index (χ1v) is 12.5. The predicted octanol–water partition coefficient (Wildman–Crippen LogP) is 7.91. The third kappa shape index (κ3) is 2.67. The van der Waals surface area contributed by atoms with Gasteiger partial charge in [-0.25, -0.2) is 4.99 Å². The van der Waals surface area contributed by atoms with Gasteiger partial charge in [0.1, 0.15) is 5.69 Å². The lowest BCUT2D eigenvalue weighted by atomic mass is 9.86. The highest BCUT2D eigenvalue weighted by atomic mass is 32.2. The number of aryl methyl sites for hydroxylation is 3. The third-order valence-corrected chi connectivity index (χ3v) is 10.1. The van der Waals surface area contributed by atoms with Crippen molar-refractivity contribution in [2.24, 2.45) is 4.99 Å². The average molecular weight is 459 g/mol. The van der Waals surface area contributed by atoms with E-state index in [1.165, 1.54) is 77.0 Å². The summed E-state index contributed by atoms with van der Waals surface area (Å²) in [5, 5.41) is 1.90. The van der Waals surface area contributed by atoms with Crippen molar-refractivity contribution >= 4 is 40.1 Å². The first-order chi connectivity index (χ1) is 15.4. The molecule has 2 aliphatic heterocycles. The van der Waals surface area contributed by atoms with Crippen LogP contribution >= 0.6 is 11.8 Å². The summed E-state index contributed by atoms with van der Waals surface area (Å²) in [6.45, 7) is 22.2. The van der Waals surface area contributed by atoms with Gasteiger partial charge >= 0.3 is 0 Å². The molecule has 0 radical (unpaired) electrons. The van der Waals surface area contributed by atoms with Crippen LogP contribution in [0, 0.1) is 69.2 Å². The van der Waals surface area contributed by atoms with Gasteiger partial charge in [0, 0.05) is 17.3 Å². The van der Waals surface area contributed by atoms with Gasteiger partial charge in [-0.05, 0) is 142 Å². The molecule has 0 amide bonds. The molecule has 1 atom stereocenters. The first-order valence-electron chi connectivity index (χ1n) is 11.7. The summed E-state index contributed by atoms with van der Waals surface area (Å²) in [6, 6.07) is 0. The SMILES string of the molecule is Cc1c(C)c(C)c2c(c1C)SC1(C=Nc3c(c(C)c(C)c4c(C)c(C)c(C)c(C)c34)O1)N2C. The Morgan fingerprint density at radius 1 is 0.667 bits per heavy atom. The number of ether oxygens (including phenoxy) is 1. The van der Waals surface area contributed by atoms with Crippen LogP contribution in [0.5, 0.6) is 5.75 Å². The number of aliphatic imine (C=N–C) groups is 1. The van der Waals surface area contributed by atoms with Gasteiger partial charge in [-0.3, -0.25) is 0 Å². The summed E-state index contributed by atoms with van der Waals surface area (Å²) < 4.78 is 6.99. The number of rotatable bonds is 0. The Hall–Kier alpha value is -2.46. The highest BCUT2D eigenvalue weighted by Crippen LogP contribution is 2.57. The Bertz CT molecular complexity index is 1430. The quantitative estimate of drug-likeness (QED) is 0.342. The minimum Gasteiger partial charge on any atom is -0.450 e. The Morgan fingerprint density at radius 3 is 1.82 bits per heavy atom. The zero-order chi connectivity index (χ0) is 24.1. The number of benzene rings is 3. The van der Waals surface area contributed by atoms with E-state index in [0.29, 0.717) is 0 Å². The minimum atomic E-state index is -0.668. The van der Waals surface area contributed by atoms with E-state index in [-0.39, 0.29) is 0 Å². The largest absolute Gasteiger partial charge is 0.450 e. The first kappa shape index (κ1) is 22.3. The van der Waals surface area contributed by atoms with Crippen molar-refractivity contribution in [1.29, 1.82) is 0 Å². The van der Waals surface area contributed by atoms with Crippen LogP contribution in [0.1, 0.15) is 55.6 Å². The molecule has 0 aliphatic carbocycles. The van der Waals surface area contributed by atoms with Crippen LogP contribution in [0.4, 0.5) is 11.4 Å². The summed E-state index contributed by atoms with van der Waals surface area (Å²) in [7, 11) is 2.14. The second-order valence-corrected chi connectivity index (χ2v) is 11.2. The molecule has 2 heterocycles. The molecule has 3 aromatic rings. The fourth-order valence-corrected chi connectivity index (χ4v) is 7.10. The molecular weight excluding hydrogens is 424 g/mol. The molecular formula is C29H34N2OS. The Kier molecular flexibility index (Phi) is 4.75. The molecule has 1 unspecified atom stereocenters. The van der Waals surface area contributed by atoms with Gasteiger partial charge in [0.2, 0.25) is 0 Å². The van der Waals surface area contributed by atoms with Gasteiger partial charge in [-0.15, -0.1) is 0 Å². The van der Waals surface area contributed by atoms with E-state index in [9.17, 15) is 0 Å². The molecule has 0 aromatic heterocycles. The second kappa shape index (κ2) is 7.02. The van der Waals surface area contributed by atoms with E-state index in [2.05, 4.69) is 81.2 Å². The van der Waals surface area contributed by atoms with Crippen molar-refractivity contribution < 1.29 is 4.74 Å². The highest BCUT2D eigenvalue weighted by Gasteiger charge is 2.48. The number of nitrogens with zero attached hydrogens (tertiary/aromatic N) is 2. The minimum absolute atomic E-state index is 0.668. The van der Waals surface area contributed by atoms with E-state index in [0.717, 1.165) is 11.4 Å². The van der Waals surface area contributed by atoms with Crippen LogP contribution in [0.2, 0.25) is 0 Å². The molecule has 3 aromatic carbocycles. The van der Waals surface area contributed by atoms with Crippen LogP contribution in [0.15, 0.2) is 9.89 Å². The number of hydrogen-bond acceptors (Lipinski definition) is 4. The molecule has 5 rings (SSSR count). The van der Waals surface area contributed by atoms with Crippen molar-refractivity contribution in [2.75, 3.05) is 11.9 Å². The van der Waals surface area contributed by atoms with Gasteiger partial charge in [0.05, 0.1) is 11.9 Å². The molecule has 0 saturated heterocycles. The fraction of sp³-hybridized carbons (Fsp3) is 0.414. The van der Waals surface area contributed by atoms with Crippen molar-refractivity contribution in [1.82, 2.24) is 0 Å². The highest BCUT2D eigenvalue weighted by molar-refractivity contribution is 8.01. The molecule has 0 fully saturated rings. The van der Waals surface area contributed by atoms with Gasteiger partial charge in [-0.1, -0.05) is 0 Å². The lowest BCUT2D eigenvalue weighted by Crippen LogP contribution is -2.48. The summed E-state index contributed by atoms with van der Waals surface area (Å²) in [5.74, 6) is 0.921. The Balaban J connectivity index is 1.77. The maximum atomic E-state index is 6.99. The van der Waals surface area contributed by atoms with Crippen molar-refractivity contribution in [3.05, 3.63) is 55.6 Å². The zero-order valence-electron chi connectivity index (χ0n) is 21.8. The topological polar surface area (TPSA) is 24.8 Å². The van der Waals surface area contributed by atoms with Crippen molar-refractivity contribution in [3.63, 3.8) is 0 Å². The molecule has 4 heteroatoms. The van der Waals surface area contributed by atoms with Gasteiger partial charge in [-0.2, -0.15) is 0 Å². The summed E-state index contributed by atoms with van der Waals surface area (Å²) in [6.07, 6.45) is 2.03. The van der Waals surface area contributed by atoms with Gasteiger partial charge in [0.25, 0.3) is 5.06 Å². The molecule has 1 spiro atoms. The molecule has 2 aliphatic rings. The smallest absolute Gasteiger partial charge is 0.273 e. The molecule has 33 heavy (non-hydrogen) atoms. The second-order valence-electron chi connectivity index (χ2n) is 10.0.